The molecule has 0 bridgehead atoms. The van der Waals surface area contributed by atoms with Crippen LogP contribution >= 0.6 is 0 Å². The highest BCUT2D eigenvalue weighted by molar-refractivity contribution is 6.06. The van der Waals surface area contributed by atoms with E-state index in [1.54, 1.807) is 6.20 Å². The molecule has 1 amide bonds. The van der Waals surface area contributed by atoms with Crippen LogP contribution in [0.1, 0.15) is 64.9 Å². The van der Waals surface area contributed by atoms with E-state index in [1.165, 1.54) is 5.56 Å². The average Bonchev–Trinajstić information content (AvgIpc) is 2.61. The second-order valence-corrected chi connectivity index (χ2v) is 6.63. The van der Waals surface area contributed by atoms with Gasteiger partial charge in [0.2, 0.25) is 0 Å². The summed E-state index contributed by atoms with van der Waals surface area (Å²) in [6.45, 7) is 10.3. The molecule has 1 rings (SSSR count). The molecule has 0 aliphatic rings. The Balaban J connectivity index is 2.81. The zero-order valence-electron chi connectivity index (χ0n) is 16.0. The second-order valence-electron chi connectivity index (χ2n) is 6.63. The molecule has 0 saturated carbocycles. The molecule has 1 N–H and O–H groups in total. The van der Waals surface area contributed by atoms with Gasteiger partial charge in [-0.15, -0.1) is 0 Å². The Bertz CT molecular complexity index is 589. The molecule has 0 aliphatic heterocycles. The summed E-state index contributed by atoms with van der Waals surface area (Å²) in [6, 6.07) is 9.82. The van der Waals surface area contributed by atoms with E-state index in [0.717, 1.165) is 38.8 Å². The van der Waals surface area contributed by atoms with Crippen LogP contribution < -0.4 is 5.32 Å². The Morgan fingerprint density at radius 3 is 2.16 bits per heavy atom. The van der Waals surface area contributed by atoms with Crippen LogP contribution in [0.3, 0.4) is 0 Å². The Morgan fingerprint density at radius 2 is 1.72 bits per heavy atom. The van der Waals surface area contributed by atoms with Crippen molar-refractivity contribution in [2.75, 3.05) is 18.4 Å². The fourth-order valence-corrected chi connectivity index (χ4v) is 2.43. The van der Waals surface area contributed by atoms with Crippen molar-refractivity contribution in [3.05, 3.63) is 41.6 Å². The maximum absolute atomic E-state index is 12.4. The van der Waals surface area contributed by atoms with Crippen LogP contribution in [-0.2, 0) is 4.79 Å². The lowest BCUT2D eigenvalue weighted by Gasteiger charge is -2.20. The summed E-state index contributed by atoms with van der Waals surface area (Å²) in [4.78, 5) is 14.5. The van der Waals surface area contributed by atoms with E-state index in [9.17, 15) is 10.1 Å². The lowest BCUT2D eigenvalue weighted by atomic mass is 10.0. The summed E-state index contributed by atoms with van der Waals surface area (Å²) < 4.78 is 0. The monoisotopic (exact) mass is 341 g/mol. The number of hydrogen-bond donors (Lipinski definition) is 1. The highest BCUT2D eigenvalue weighted by Crippen LogP contribution is 2.17. The van der Waals surface area contributed by atoms with E-state index in [2.05, 4.69) is 37.9 Å². The Kier molecular flexibility index (Phi) is 9.39. The van der Waals surface area contributed by atoms with Crippen molar-refractivity contribution < 1.29 is 4.79 Å². The number of carbonyl (C=O) groups is 1. The predicted octanol–water partition coefficient (Wildman–Crippen LogP) is 5.06. The number of nitrogens with zero attached hydrogens (tertiary/aromatic N) is 2. The van der Waals surface area contributed by atoms with E-state index >= 15 is 0 Å². The van der Waals surface area contributed by atoms with E-state index in [0.29, 0.717) is 11.6 Å². The lowest BCUT2D eigenvalue weighted by Crippen LogP contribution is -2.23. The topological polar surface area (TPSA) is 56.1 Å². The van der Waals surface area contributed by atoms with Crippen LogP contribution in [0.25, 0.3) is 0 Å². The molecule has 0 fully saturated rings. The van der Waals surface area contributed by atoms with Gasteiger partial charge < -0.3 is 10.2 Å². The van der Waals surface area contributed by atoms with Crippen molar-refractivity contribution >= 4 is 11.6 Å². The highest BCUT2D eigenvalue weighted by atomic mass is 16.1. The van der Waals surface area contributed by atoms with E-state index in [4.69, 9.17) is 0 Å². The SMILES string of the molecule is CCCCN(/C=C(/C#N)C(=O)Nc1ccc(C(C)C)cc1)CCCC. The number of anilines is 1. The van der Waals surface area contributed by atoms with Crippen LogP contribution in [0.5, 0.6) is 0 Å². The summed E-state index contributed by atoms with van der Waals surface area (Å²) >= 11 is 0. The van der Waals surface area contributed by atoms with Gasteiger partial charge in [-0.2, -0.15) is 5.26 Å². The van der Waals surface area contributed by atoms with Crippen molar-refractivity contribution in [1.29, 1.82) is 5.26 Å². The normalized spacial score (nSPS) is 11.3. The third-order valence-corrected chi connectivity index (χ3v) is 4.11. The molecule has 1 aromatic rings. The van der Waals surface area contributed by atoms with Crippen LogP contribution in [0.4, 0.5) is 5.69 Å². The maximum Gasteiger partial charge on any atom is 0.267 e. The van der Waals surface area contributed by atoms with E-state index in [-0.39, 0.29) is 11.5 Å². The van der Waals surface area contributed by atoms with Crippen molar-refractivity contribution in [1.82, 2.24) is 4.90 Å². The molecule has 136 valence electrons. The molecule has 1 aromatic carbocycles. The fraction of sp³-hybridized carbons (Fsp3) is 0.524. The molecule has 0 radical (unpaired) electrons. The van der Waals surface area contributed by atoms with Crippen molar-refractivity contribution in [3.63, 3.8) is 0 Å². The zero-order chi connectivity index (χ0) is 18.7. The average molecular weight is 341 g/mol. The minimum absolute atomic E-state index is 0.153. The minimum atomic E-state index is -0.349. The second kappa shape index (κ2) is 11.3. The lowest BCUT2D eigenvalue weighted by molar-refractivity contribution is -0.112. The van der Waals surface area contributed by atoms with Gasteiger partial charge in [-0.1, -0.05) is 52.7 Å². The summed E-state index contributed by atoms with van der Waals surface area (Å²) in [5.41, 5.74) is 2.09. The first-order valence-electron chi connectivity index (χ1n) is 9.29. The predicted molar refractivity (Wildman–Crippen MR) is 104 cm³/mol. The zero-order valence-corrected chi connectivity index (χ0v) is 16.0. The molecule has 0 saturated heterocycles. The van der Waals surface area contributed by atoms with Gasteiger partial charge in [0, 0.05) is 25.0 Å². The molecule has 4 heteroatoms. The third kappa shape index (κ3) is 7.43. The number of hydrogen-bond acceptors (Lipinski definition) is 3. The summed E-state index contributed by atoms with van der Waals surface area (Å²) in [5.74, 6) is 0.0998. The largest absolute Gasteiger partial charge is 0.376 e. The third-order valence-electron chi connectivity index (χ3n) is 4.11. The standard InChI is InChI=1S/C21H31N3O/c1-5-7-13-24(14-8-6-2)16-19(15-22)21(25)23-20-11-9-18(10-12-20)17(3)4/h9-12,16-17H,5-8,13-14H2,1-4H3,(H,23,25)/b19-16-. The van der Waals surface area contributed by atoms with Crippen LogP contribution in [0.2, 0.25) is 0 Å². The number of rotatable bonds is 10. The van der Waals surface area contributed by atoms with E-state index < -0.39 is 0 Å². The maximum atomic E-state index is 12.4. The van der Waals surface area contributed by atoms with Gasteiger partial charge in [0.05, 0.1) is 0 Å². The summed E-state index contributed by atoms with van der Waals surface area (Å²) in [7, 11) is 0. The fourth-order valence-electron chi connectivity index (χ4n) is 2.43. The summed E-state index contributed by atoms with van der Waals surface area (Å²) in [6.07, 6.45) is 6.00. The first kappa shape index (κ1) is 20.8. The van der Waals surface area contributed by atoms with E-state index in [1.807, 2.05) is 30.3 Å². The van der Waals surface area contributed by atoms with Crippen LogP contribution in [0.15, 0.2) is 36.0 Å². The van der Waals surface area contributed by atoms with Crippen LogP contribution in [-0.4, -0.2) is 23.9 Å². The van der Waals surface area contributed by atoms with Crippen molar-refractivity contribution in [3.8, 4) is 6.07 Å². The number of carbonyl (C=O) groups excluding carboxylic acids is 1. The van der Waals surface area contributed by atoms with Gasteiger partial charge in [0.15, 0.2) is 0 Å². The molecular formula is C21H31N3O. The molecular weight excluding hydrogens is 310 g/mol. The Morgan fingerprint density at radius 1 is 1.16 bits per heavy atom. The molecule has 0 heterocycles. The molecule has 0 unspecified atom stereocenters. The number of amides is 1. The first-order valence-corrected chi connectivity index (χ1v) is 9.29. The van der Waals surface area contributed by atoms with Gasteiger partial charge >= 0.3 is 0 Å². The molecule has 0 aliphatic carbocycles. The first-order chi connectivity index (χ1) is 12.0. The number of nitrogens with one attached hydrogen (secondary N) is 1. The smallest absolute Gasteiger partial charge is 0.267 e. The quantitative estimate of drug-likeness (QED) is 0.478. The molecule has 0 atom stereocenters. The Hall–Kier alpha value is -2.28. The van der Waals surface area contributed by atoms with Gasteiger partial charge in [-0.3, -0.25) is 4.79 Å². The molecule has 0 aromatic heterocycles. The van der Waals surface area contributed by atoms with Gasteiger partial charge in [0.1, 0.15) is 11.6 Å². The molecule has 25 heavy (non-hydrogen) atoms. The van der Waals surface area contributed by atoms with Crippen molar-refractivity contribution in [2.45, 2.75) is 59.3 Å². The van der Waals surface area contributed by atoms with Crippen molar-refractivity contribution in [2.24, 2.45) is 0 Å². The number of unbranched alkanes of at least 4 members (excludes halogenated alkanes) is 2. The Labute approximate surface area is 152 Å². The molecule has 0 spiro atoms. The summed E-state index contributed by atoms with van der Waals surface area (Å²) in [5, 5.41) is 12.2. The van der Waals surface area contributed by atoms with Gasteiger partial charge in [0.25, 0.3) is 5.91 Å². The number of benzene rings is 1. The highest BCUT2D eigenvalue weighted by Gasteiger charge is 2.12. The molecule has 4 nitrogen and oxygen atoms in total. The van der Waals surface area contributed by atoms with Gasteiger partial charge in [-0.25, -0.2) is 0 Å². The number of nitriles is 1. The van der Waals surface area contributed by atoms with Gasteiger partial charge in [-0.05, 0) is 36.5 Å². The minimum Gasteiger partial charge on any atom is -0.376 e. The van der Waals surface area contributed by atoms with Crippen LogP contribution in [0, 0.1) is 11.3 Å².